The molecule has 1 saturated carbocycles. The van der Waals surface area contributed by atoms with Crippen molar-refractivity contribution in [3.05, 3.63) is 0 Å². The molecular weight excluding hydrogens is 196 g/mol. The minimum Gasteiger partial charge on any atom is -0.391 e. The molecule has 0 aromatic rings. The Labute approximate surface area is 88.6 Å². The number of piperazine rings is 1. The fraction of sp³-hybridized carbons (Fsp3) is 0.800. The lowest BCUT2D eigenvalue weighted by molar-refractivity contribution is -0.150. The third-order valence-electron chi connectivity index (χ3n) is 3.05. The number of rotatable bonds is 3. The summed E-state index contributed by atoms with van der Waals surface area (Å²) in [5, 5.41) is 9.69. The highest BCUT2D eigenvalue weighted by Crippen LogP contribution is 2.32. The van der Waals surface area contributed by atoms with Gasteiger partial charge in [0.2, 0.25) is 11.8 Å². The fourth-order valence-corrected chi connectivity index (χ4v) is 1.79. The topological polar surface area (TPSA) is 60.9 Å². The molecule has 0 bridgehead atoms. The van der Waals surface area contributed by atoms with E-state index in [1.165, 1.54) is 9.80 Å². The van der Waals surface area contributed by atoms with Gasteiger partial charge < -0.3 is 14.9 Å². The molecule has 15 heavy (non-hydrogen) atoms. The van der Waals surface area contributed by atoms with Gasteiger partial charge >= 0.3 is 0 Å². The molecule has 1 N–H and O–H groups in total. The Kier molecular flexibility index (Phi) is 2.65. The van der Waals surface area contributed by atoms with Gasteiger partial charge in [-0.25, -0.2) is 0 Å². The van der Waals surface area contributed by atoms with E-state index in [1.807, 2.05) is 0 Å². The van der Waals surface area contributed by atoms with E-state index in [-0.39, 0.29) is 24.9 Å². The maximum absolute atomic E-state index is 11.5. The van der Waals surface area contributed by atoms with Crippen molar-refractivity contribution in [1.29, 1.82) is 0 Å². The van der Waals surface area contributed by atoms with Crippen LogP contribution < -0.4 is 0 Å². The third kappa shape index (κ3) is 2.28. The van der Waals surface area contributed by atoms with Gasteiger partial charge in [0.15, 0.2) is 0 Å². The number of nitrogens with zero attached hydrogens (tertiary/aromatic N) is 2. The zero-order chi connectivity index (χ0) is 11.0. The maximum atomic E-state index is 11.5. The molecule has 1 aliphatic carbocycles. The van der Waals surface area contributed by atoms with E-state index >= 15 is 0 Å². The molecule has 1 saturated heterocycles. The van der Waals surface area contributed by atoms with E-state index in [0.29, 0.717) is 12.5 Å². The summed E-state index contributed by atoms with van der Waals surface area (Å²) in [6.45, 7) is 0.554. The molecule has 1 heterocycles. The monoisotopic (exact) mass is 212 g/mol. The minimum atomic E-state index is -0.454. The van der Waals surface area contributed by atoms with Gasteiger partial charge in [-0.15, -0.1) is 0 Å². The second kappa shape index (κ2) is 3.81. The van der Waals surface area contributed by atoms with Gasteiger partial charge in [-0.05, 0) is 18.8 Å². The van der Waals surface area contributed by atoms with Crippen LogP contribution in [0.2, 0.25) is 0 Å². The van der Waals surface area contributed by atoms with E-state index in [1.54, 1.807) is 7.05 Å². The van der Waals surface area contributed by atoms with Gasteiger partial charge in [0.25, 0.3) is 0 Å². The van der Waals surface area contributed by atoms with Crippen LogP contribution in [0.25, 0.3) is 0 Å². The highest BCUT2D eigenvalue weighted by atomic mass is 16.3. The summed E-state index contributed by atoms with van der Waals surface area (Å²) in [5.74, 6) is 0.210. The van der Waals surface area contributed by atoms with Crippen LogP contribution >= 0.6 is 0 Å². The van der Waals surface area contributed by atoms with Crippen LogP contribution in [-0.2, 0) is 9.59 Å². The number of carbonyl (C=O) groups excluding carboxylic acids is 2. The third-order valence-corrected chi connectivity index (χ3v) is 3.05. The Morgan fingerprint density at radius 3 is 2.60 bits per heavy atom. The Hall–Kier alpha value is -1.10. The molecule has 2 aliphatic rings. The first kappa shape index (κ1) is 10.4. The number of aliphatic hydroxyl groups excluding tert-OH is 1. The molecule has 0 aromatic heterocycles. The number of hydrogen-bond acceptors (Lipinski definition) is 3. The van der Waals surface area contributed by atoms with Gasteiger partial charge in [0.05, 0.1) is 19.2 Å². The highest BCUT2D eigenvalue weighted by molar-refractivity contribution is 5.92. The average molecular weight is 212 g/mol. The summed E-state index contributed by atoms with van der Waals surface area (Å²) in [4.78, 5) is 25.8. The standard InChI is InChI=1S/C10H16N2O3/c1-11-5-10(15)12(6-9(11)14)4-8(13)7-2-3-7/h7-8,13H,2-6H2,1H3. The Morgan fingerprint density at radius 2 is 2.00 bits per heavy atom. The lowest BCUT2D eigenvalue weighted by atomic mass is 10.2. The van der Waals surface area contributed by atoms with Crippen LogP contribution in [0, 0.1) is 5.92 Å². The van der Waals surface area contributed by atoms with Gasteiger partial charge in [0, 0.05) is 13.6 Å². The second-order valence-corrected chi connectivity index (χ2v) is 4.43. The van der Waals surface area contributed by atoms with E-state index in [2.05, 4.69) is 0 Å². The molecule has 84 valence electrons. The van der Waals surface area contributed by atoms with Gasteiger partial charge in [0.1, 0.15) is 0 Å². The first-order valence-electron chi connectivity index (χ1n) is 5.27. The van der Waals surface area contributed by atoms with Crippen molar-refractivity contribution in [2.75, 3.05) is 26.7 Å². The lowest BCUT2D eigenvalue weighted by Crippen LogP contribution is -2.54. The number of β-amino-alcohol motifs (C(OH)–C–C–N with tert-alkyl or cyclic N) is 1. The second-order valence-electron chi connectivity index (χ2n) is 4.43. The molecule has 0 spiro atoms. The van der Waals surface area contributed by atoms with Crippen molar-refractivity contribution in [3.8, 4) is 0 Å². The minimum absolute atomic E-state index is 0.0578. The summed E-state index contributed by atoms with van der Waals surface area (Å²) in [5.41, 5.74) is 0. The van der Waals surface area contributed by atoms with Crippen LogP contribution in [0.5, 0.6) is 0 Å². The predicted octanol–water partition coefficient (Wildman–Crippen LogP) is -0.942. The average Bonchev–Trinajstić information content (AvgIpc) is 2.97. The summed E-state index contributed by atoms with van der Waals surface area (Å²) < 4.78 is 0. The number of hydrogen-bond donors (Lipinski definition) is 1. The van der Waals surface area contributed by atoms with Crippen molar-refractivity contribution in [3.63, 3.8) is 0 Å². The van der Waals surface area contributed by atoms with Crippen molar-refractivity contribution in [2.45, 2.75) is 18.9 Å². The Balaban J connectivity index is 1.90. The van der Waals surface area contributed by atoms with Crippen LogP contribution in [0.15, 0.2) is 0 Å². The molecule has 2 amide bonds. The molecule has 5 heteroatoms. The Morgan fingerprint density at radius 1 is 1.33 bits per heavy atom. The Bertz CT molecular complexity index is 288. The molecular formula is C10H16N2O3. The van der Waals surface area contributed by atoms with E-state index in [9.17, 15) is 14.7 Å². The zero-order valence-corrected chi connectivity index (χ0v) is 8.85. The van der Waals surface area contributed by atoms with E-state index in [4.69, 9.17) is 0 Å². The molecule has 5 nitrogen and oxygen atoms in total. The normalized spacial score (nSPS) is 24.7. The van der Waals surface area contributed by atoms with E-state index in [0.717, 1.165) is 12.8 Å². The summed E-state index contributed by atoms with van der Waals surface area (Å²) in [6, 6.07) is 0. The SMILES string of the molecule is CN1CC(=O)N(CC(O)C2CC2)CC1=O. The largest absolute Gasteiger partial charge is 0.391 e. The smallest absolute Gasteiger partial charge is 0.242 e. The molecule has 1 atom stereocenters. The van der Waals surface area contributed by atoms with Gasteiger partial charge in [-0.1, -0.05) is 0 Å². The molecule has 2 fully saturated rings. The molecule has 1 unspecified atom stereocenters. The van der Waals surface area contributed by atoms with Crippen molar-refractivity contribution >= 4 is 11.8 Å². The van der Waals surface area contributed by atoms with Crippen molar-refractivity contribution in [2.24, 2.45) is 5.92 Å². The van der Waals surface area contributed by atoms with Crippen LogP contribution in [0.4, 0.5) is 0 Å². The maximum Gasteiger partial charge on any atom is 0.242 e. The molecule has 2 rings (SSSR count). The molecule has 1 aliphatic heterocycles. The summed E-state index contributed by atoms with van der Waals surface area (Å²) in [7, 11) is 1.62. The van der Waals surface area contributed by atoms with E-state index < -0.39 is 6.10 Å². The number of likely N-dealkylation sites (N-methyl/N-ethyl adjacent to an activating group) is 1. The highest BCUT2D eigenvalue weighted by Gasteiger charge is 2.34. The number of amides is 2. The number of aliphatic hydroxyl groups is 1. The number of carbonyl (C=O) groups is 2. The predicted molar refractivity (Wildman–Crippen MR) is 52.9 cm³/mol. The zero-order valence-electron chi connectivity index (χ0n) is 8.85. The van der Waals surface area contributed by atoms with Crippen LogP contribution in [0.3, 0.4) is 0 Å². The van der Waals surface area contributed by atoms with Gasteiger partial charge in [-0.3, -0.25) is 9.59 Å². The summed E-state index contributed by atoms with van der Waals surface area (Å²) >= 11 is 0. The first-order valence-corrected chi connectivity index (χ1v) is 5.27. The van der Waals surface area contributed by atoms with Crippen molar-refractivity contribution in [1.82, 2.24) is 9.80 Å². The summed E-state index contributed by atoms with van der Waals surface area (Å²) in [6.07, 6.45) is 1.62. The molecule has 0 radical (unpaired) electrons. The van der Waals surface area contributed by atoms with Crippen LogP contribution in [-0.4, -0.2) is 59.5 Å². The van der Waals surface area contributed by atoms with Gasteiger partial charge in [-0.2, -0.15) is 0 Å². The molecule has 0 aromatic carbocycles. The lowest BCUT2D eigenvalue weighted by Gasteiger charge is -2.32. The first-order chi connectivity index (χ1) is 7.08. The quantitative estimate of drug-likeness (QED) is 0.656. The fourth-order valence-electron chi connectivity index (χ4n) is 1.79. The van der Waals surface area contributed by atoms with Crippen LogP contribution in [0.1, 0.15) is 12.8 Å². The van der Waals surface area contributed by atoms with Crippen molar-refractivity contribution < 1.29 is 14.7 Å².